The van der Waals surface area contributed by atoms with Crippen molar-refractivity contribution < 1.29 is 9.59 Å². The lowest BCUT2D eigenvalue weighted by molar-refractivity contribution is -0.136. The second-order valence-electron chi connectivity index (χ2n) is 8.61. The molecular weight excluding hydrogens is 380 g/mol. The predicted octanol–water partition coefficient (Wildman–Crippen LogP) is 0.358. The highest BCUT2D eigenvalue weighted by atomic mass is 35.5. The number of likely N-dealkylation sites (tertiary alicyclic amines) is 1. The van der Waals surface area contributed by atoms with Crippen LogP contribution >= 0.6 is 12.4 Å². The van der Waals surface area contributed by atoms with Crippen LogP contribution in [0.3, 0.4) is 0 Å². The second kappa shape index (κ2) is 7.19. The minimum Gasteiger partial charge on any atom is -0.354 e. The van der Waals surface area contributed by atoms with Gasteiger partial charge in [0.05, 0.1) is 6.04 Å². The summed E-state index contributed by atoms with van der Waals surface area (Å²) in [5, 5.41) is 6.24. The Bertz CT molecular complexity index is 846. The van der Waals surface area contributed by atoms with Crippen molar-refractivity contribution in [2.45, 2.75) is 25.3 Å². The van der Waals surface area contributed by atoms with Crippen LogP contribution in [0, 0.1) is 23.7 Å². The Kier molecular flexibility index (Phi) is 5.00. The average Bonchev–Trinajstić information content (AvgIpc) is 3.12. The second-order valence-corrected chi connectivity index (χ2v) is 8.61. The van der Waals surface area contributed by atoms with Gasteiger partial charge in [0.25, 0.3) is 5.56 Å². The van der Waals surface area contributed by atoms with Crippen LogP contribution in [-0.4, -0.2) is 54.0 Å². The van der Waals surface area contributed by atoms with E-state index in [2.05, 4.69) is 10.6 Å². The number of hydrogen-bond donors (Lipinski definition) is 2. The smallest absolute Gasteiger partial charge is 0.251 e. The van der Waals surface area contributed by atoms with Gasteiger partial charge in [0.2, 0.25) is 11.8 Å². The number of halogens is 1. The molecule has 152 valence electrons. The minimum atomic E-state index is -0.0929. The fraction of sp³-hybridized carbons (Fsp3) is 0.650. The first-order chi connectivity index (χ1) is 13.0. The number of hydrogen-bond acceptors (Lipinski definition) is 4. The lowest BCUT2D eigenvalue weighted by Gasteiger charge is -2.47. The molecule has 1 aliphatic carbocycles. The fourth-order valence-electron chi connectivity index (χ4n) is 5.73. The van der Waals surface area contributed by atoms with E-state index >= 15 is 0 Å². The maximum absolute atomic E-state index is 13.1. The summed E-state index contributed by atoms with van der Waals surface area (Å²) in [6, 6.07) is 5.31. The van der Waals surface area contributed by atoms with E-state index in [0.29, 0.717) is 37.4 Å². The predicted molar refractivity (Wildman–Crippen MR) is 106 cm³/mol. The molecule has 5 rings (SSSR count). The molecule has 1 saturated carbocycles. The first-order valence-corrected chi connectivity index (χ1v) is 10.00. The largest absolute Gasteiger partial charge is 0.354 e. The Labute approximate surface area is 170 Å². The summed E-state index contributed by atoms with van der Waals surface area (Å²) in [6.45, 7) is 5.25. The fourth-order valence-corrected chi connectivity index (χ4v) is 5.73. The summed E-state index contributed by atoms with van der Waals surface area (Å²) >= 11 is 0. The van der Waals surface area contributed by atoms with Gasteiger partial charge >= 0.3 is 0 Å². The Hall–Kier alpha value is -1.86. The van der Waals surface area contributed by atoms with Crippen LogP contribution in [0.2, 0.25) is 0 Å². The van der Waals surface area contributed by atoms with Gasteiger partial charge in [-0.15, -0.1) is 12.4 Å². The van der Waals surface area contributed by atoms with E-state index in [4.69, 9.17) is 0 Å². The van der Waals surface area contributed by atoms with Gasteiger partial charge in [0, 0.05) is 50.2 Å². The number of rotatable bonds is 3. The summed E-state index contributed by atoms with van der Waals surface area (Å²) in [5.74, 6) is 1.83. The number of amides is 2. The molecule has 2 bridgehead atoms. The van der Waals surface area contributed by atoms with Crippen molar-refractivity contribution in [1.29, 1.82) is 0 Å². The molecule has 2 N–H and O–H groups in total. The van der Waals surface area contributed by atoms with Crippen molar-refractivity contribution in [2.75, 3.05) is 32.7 Å². The number of carbonyl (C=O) groups excluding carboxylic acids is 2. The van der Waals surface area contributed by atoms with E-state index in [-0.39, 0.29) is 47.7 Å². The summed E-state index contributed by atoms with van der Waals surface area (Å²) in [6.07, 6.45) is 0.969. The Morgan fingerprint density at radius 1 is 1.21 bits per heavy atom. The number of nitrogens with one attached hydrogen (secondary N) is 2. The number of fused-ring (bicyclic) bond motifs is 5. The molecule has 0 radical (unpaired) electrons. The van der Waals surface area contributed by atoms with Crippen molar-refractivity contribution >= 4 is 24.2 Å². The molecule has 4 heterocycles. The monoisotopic (exact) mass is 406 g/mol. The van der Waals surface area contributed by atoms with E-state index in [9.17, 15) is 14.4 Å². The van der Waals surface area contributed by atoms with Crippen molar-refractivity contribution in [1.82, 2.24) is 20.1 Å². The zero-order valence-corrected chi connectivity index (χ0v) is 16.8. The van der Waals surface area contributed by atoms with Crippen molar-refractivity contribution in [2.24, 2.45) is 23.7 Å². The Morgan fingerprint density at radius 2 is 1.96 bits per heavy atom. The Morgan fingerprint density at radius 3 is 2.68 bits per heavy atom. The number of nitrogens with zero attached hydrogens (tertiary/aromatic N) is 2. The number of aromatic nitrogens is 1. The zero-order chi connectivity index (χ0) is 18.7. The van der Waals surface area contributed by atoms with Crippen LogP contribution in [0.15, 0.2) is 23.0 Å². The summed E-state index contributed by atoms with van der Waals surface area (Å²) in [4.78, 5) is 39.2. The number of carbonyl (C=O) groups is 2. The third-order valence-corrected chi connectivity index (χ3v) is 7.05. The molecule has 28 heavy (non-hydrogen) atoms. The molecule has 8 heteroatoms. The minimum absolute atomic E-state index is 0. The van der Waals surface area contributed by atoms with Gasteiger partial charge in [0.15, 0.2) is 0 Å². The molecule has 2 saturated heterocycles. The highest BCUT2D eigenvalue weighted by molar-refractivity contribution is 5.85. The number of piperidine rings is 2. The van der Waals surface area contributed by atoms with E-state index in [1.807, 2.05) is 21.6 Å². The maximum atomic E-state index is 13.1. The van der Waals surface area contributed by atoms with Gasteiger partial charge in [-0.25, -0.2) is 0 Å². The quantitative estimate of drug-likeness (QED) is 0.759. The molecule has 2 amide bonds. The first kappa shape index (κ1) is 19.5. The van der Waals surface area contributed by atoms with Gasteiger partial charge < -0.3 is 20.1 Å². The third kappa shape index (κ3) is 3.05. The van der Waals surface area contributed by atoms with Gasteiger partial charge in [0.1, 0.15) is 0 Å². The SMILES string of the molecule is CC(=O)NC[C@H]1[C@H]2C[C@H](CN(C(=O)C3[C@H]4CNC[C@@H]34)C2)c2cccc(=O)n21.Cl. The normalized spacial score (nSPS) is 34.7. The molecular formula is C20H27ClN4O3. The summed E-state index contributed by atoms with van der Waals surface area (Å²) in [5.41, 5.74) is 0.990. The third-order valence-electron chi connectivity index (χ3n) is 7.05. The van der Waals surface area contributed by atoms with E-state index in [0.717, 1.165) is 25.2 Å². The van der Waals surface area contributed by atoms with Crippen LogP contribution in [0.4, 0.5) is 0 Å². The molecule has 7 nitrogen and oxygen atoms in total. The summed E-state index contributed by atoms with van der Waals surface area (Å²) < 4.78 is 1.87. The lowest BCUT2D eigenvalue weighted by atomic mass is 9.78. The standard InChI is InChI=1S/C20H26N4O3.ClH/c1-11(25)22-8-17-13-5-12(16-3-2-4-18(26)24(16)17)9-23(10-13)20(27)19-14-6-21-7-15(14)19;/h2-4,12-15,17,19,21H,5-10H2,1H3,(H,22,25);1H/t12-,13+,14-,15+,17+,19?;/m1./s1. The van der Waals surface area contributed by atoms with Crippen molar-refractivity contribution in [3.63, 3.8) is 0 Å². The molecule has 0 spiro atoms. The van der Waals surface area contributed by atoms with E-state index in [1.165, 1.54) is 6.92 Å². The lowest BCUT2D eigenvalue weighted by Crippen LogP contribution is -2.53. The molecule has 1 aromatic rings. The van der Waals surface area contributed by atoms with Gasteiger partial charge in [-0.3, -0.25) is 14.4 Å². The van der Waals surface area contributed by atoms with Crippen LogP contribution in [-0.2, 0) is 9.59 Å². The van der Waals surface area contributed by atoms with Crippen LogP contribution < -0.4 is 16.2 Å². The Balaban J connectivity index is 0.00000192. The maximum Gasteiger partial charge on any atom is 0.251 e. The molecule has 3 fully saturated rings. The van der Waals surface area contributed by atoms with Crippen LogP contribution in [0.5, 0.6) is 0 Å². The van der Waals surface area contributed by atoms with Crippen LogP contribution in [0.25, 0.3) is 0 Å². The molecule has 6 atom stereocenters. The van der Waals surface area contributed by atoms with Crippen molar-refractivity contribution in [3.8, 4) is 0 Å². The van der Waals surface area contributed by atoms with E-state index in [1.54, 1.807) is 6.07 Å². The molecule has 0 aromatic carbocycles. The van der Waals surface area contributed by atoms with Crippen LogP contribution in [0.1, 0.15) is 31.0 Å². The number of pyridine rings is 1. The zero-order valence-electron chi connectivity index (χ0n) is 16.0. The highest BCUT2D eigenvalue weighted by Gasteiger charge is 2.58. The topological polar surface area (TPSA) is 83.4 Å². The van der Waals surface area contributed by atoms with Gasteiger partial charge in [-0.2, -0.15) is 0 Å². The molecule has 3 aliphatic heterocycles. The molecule has 1 aromatic heterocycles. The van der Waals surface area contributed by atoms with E-state index < -0.39 is 0 Å². The van der Waals surface area contributed by atoms with Gasteiger partial charge in [-0.1, -0.05) is 6.07 Å². The first-order valence-electron chi connectivity index (χ1n) is 10.00. The van der Waals surface area contributed by atoms with Gasteiger partial charge in [-0.05, 0) is 43.3 Å². The summed E-state index contributed by atoms with van der Waals surface area (Å²) in [7, 11) is 0. The average molecular weight is 407 g/mol. The highest BCUT2D eigenvalue weighted by Crippen LogP contribution is 2.51. The van der Waals surface area contributed by atoms with Crippen molar-refractivity contribution in [3.05, 3.63) is 34.2 Å². The molecule has 4 aliphatic rings. The molecule has 1 unspecified atom stereocenters.